The Bertz CT molecular complexity index is 839. The molecule has 1 amide bonds. The van der Waals surface area contributed by atoms with Crippen LogP contribution in [0.1, 0.15) is 60.2 Å². The highest BCUT2D eigenvalue weighted by Crippen LogP contribution is 2.43. The molecule has 2 aliphatic rings. The van der Waals surface area contributed by atoms with Gasteiger partial charge in [-0.05, 0) is 51.0 Å². The van der Waals surface area contributed by atoms with Crippen molar-refractivity contribution in [3.8, 4) is 5.75 Å². The summed E-state index contributed by atoms with van der Waals surface area (Å²) in [5, 5.41) is 7.50. The summed E-state index contributed by atoms with van der Waals surface area (Å²) >= 11 is 1.63. The second-order valence-electron chi connectivity index (χ2n) is 7.72. The number of hydrogen-bond donors (Lipinski definition) is 2. The molecule has 0 bridgehead atoms. The van der Waals surface area contributed by atoms with Crippen LogP contribution in [0.5, 0.6) is 5.75 Å². The molecule has 5 nitrogen and oxygen atoms in total. The quantitative estimate of drug-likeness (QED) is 0.846. The van der Waals surface area contributed by atoms with E-state index in [9.17, 15) is 4.79 Å². The maximum absolute atomic E-state index is 12.8. The number of hydrogen-bond acceptors (Lipinski definition) is 5. The van der Waals surface area contributed by atoms with Gasteiger partial charge in [-0.25, -0.2) is 0 Å². The number of nitrogens with one attached hydrogen (secondary N) is 2. The fourth-order valence-electron chi connectivity index (χ4n) is 3.44. The highest BCUT2D eigenvalue weighted by molar-refractivity contribution is 7.16. The molecular weight excluding hydrogens is 348 g/mol. The molecule has 0 spiro atoms. The molecule has 2 aliphatic heterocycles. The maximum atomic E-state index is 12.8. The van der Waals surface area contributed by atoms with Crippen LogP contribution in [0.15, 0.2) is 24.3 Å². The van der Waals surface area contributed by atoms with Crippen molar-refractivity contribution < 1.29 is 14.3 Å². The summed E-state index contributed by atoms with van der Waals surface area (Å²) in [6.07, 6.45) is 0.659. The molecular formula is C20H24N2O3S. The van der Waals surface area contributed by atoms with Crippen molar-refractivity contribution >= 4 is 22.2 Å². The van der Waals surface area contributed by atoms with Gasteiger partial charge in [-0.2, -0.15) is 0 Å². The number of carbonyl (C=O) groups is 1. The fraction of sp³-hybridized carbons (Fsp3) is 0.450. The average molecular weight is 372 g/mol. The van der Waals surface area contributed by atoms with Gasteiger partial charge in [0.1, 0.15) is 16.9 Å². The summed E-state index contributed by atoms with van der Waals surface area (Å²) in [5.74, 6) is 0.819. The molecule has 0 saturated heterocycles. The summed E-state index contributed by atoms with van der Waals surface area (Å²) in [7, 11) is 0. The first-order chi connectivity index (χ1) is 12.3. The van der Waals surface area contributed by atoms with E-state index >= 15 is 0 Å². The van der Waals surface area contributed by atoms with Crippen LogP contribution in [-0.2, 0) is 17.8 Å². The fourth-order valence-corrected chi connectivity index (χ4v) is 4.60. The largest absolute Gasteiger partial charge is 0.491 e. The van der Waals surface area contributed by atoms with E-state index in [1.54, 1.807) is 11.3 Å². The van der Waals surface area contributed by atoms with Gasteiger partial charge >= 0.3 is 0 Å². The molecule has 138 valence electrons. The zero-order valence-electron chi connectivity index (χ0n) is 15.5. The number of thiophene rings is 1. The number of fused-ring (bicyclic) bond motifs is 3. The molecule has 0 aliphatic carbocycles. The van der Waals surface area contributed by atoms with E-state index in [1.165, 1.54) is 0 Å². The van der Waals surface area contributed by atoms with Gasteiger partial charge in [0, 0.05) is 11.3 Å². The van der Waals surface area contributed by atoms with Crippen LogP contribution >= 0.6 is 11.3 Å². The molecule has 0 radical (unpaired) electrons. The second-order valence-corrected chi connectivity index (χ2v) is 8.82. The van der Waals surface area contributed by atoms with Gasteiger partial charge in [-0.1, -0.05) is 12.1 Å². The molecule has 1 atom stereocenters. The number of ether oxygens (including phenoxy) is 2. The lowest BCUT2D eigenvalue weighted by molar-refractivity contribution is -0.0383. The highest BCUT2D eigenvalue weighted by atomic mass is 32.1. The van der Waals surface area contributed by atoms with Gasteiger partial charge in [0.05, 0.1) is 23.9 Å². The lowest BCUT2D eigenvalue weighted by Crippen LogP contribution is -2.39. The minimum absolute atomic E-state index is 0.0125. The maximum Gasteiger partial charge on any atom is 0.256 e. The number of carbonyl (C=O) groups excluding carboxylic acids is 1. The first kappa shape index (κ1) is 17.4. The highest BCUT2D eigenvalue weighted by Gasteiger charge is 2.36. The Morgan fingerprint density at radius 2 is 1.96 bits per heavy atom. The molecule has 0 fully saturated rings. The Kier molecular flexibility index (Phi) is 4.20. The summed E-state index contributed by atoms with van der Waals surface area (Å²) in [4.78, 5) is 14.0. The third-order valence-electron chi connectivity index (χ3n) is 4.65. The monoisotopic (exact) mass is 372 g/mol. The Morgan fingerprint density at radius 3 is 2.65 bits per heavy atom. The molecule has 2 aromatic rings. The first-order valence-corrected chi connectivity index (χ1v) is 9.76. The van der Waals surface area contributed by atoms with E-state index in [0.717, 1.165) is 38.7 Å². The molecule has 3 heterocycles. The van der Waals surface area contributed by atoms with E-state index < -0.39 is 0 Å². The lowest BCUT2D eigenvalue weighted by atomic mass is 9.92. The van der Waals surface area contributed by atoms with Crippen LogP contribution < -0.4 is 15.4 Å². The van der Waals surface area contributed by atoms with Crippen LogP contribution in [0.3, 0.4) is 0 Å². The number of amides is 1. The molecule has 1 unspecified atom stereocenters. The van der Waals surface area contributed by atoms with Gasteiger partial charge < -0.3 is 20.1 Å². The third kappa shape index (κ3) is 3.19. The standard InChI is InChI=1S/C20H24N2O3S/c1-11(2)25-13-7-5-12(6-8-13)17-21-18(23)16-14-9-20(3,4)24-10-15(14)26-19(16)22-17/h5-8,11,17,22H,9-10H2,1-4H3,(H,21,23). The van der Waals surface area contributed by atoms with Crippen LogP contribution in [0.4, 0.5) is 5.00 Å². The first-order valence-electron chi connectivity index (χ1n) is 8.95. The summed E-state index contributed by atoms with van der Waals surface area (Å²) < 4.78 is 11.6. The Balaban J connectivity index is 1.59. The van der Waals surface area contributed by atoms with Gasteiger partial charge in [-0.3, -0.25) is 4.79 Å². The Hall–Kier alpha value is -2.05. The molecule has 6 heteroatoms. The van der Waals surface area contributed by atoms with Gasteiger partial charge in [0.2, 0.25) is 0 Å². The summed E-state index contributed by atoms with van der Waals surface area (Å²) in [6.45, 7) is 8.71. The van der Waals surface area contributed by atoms with Crippen LogP contribution in [0.2, 0.25) is 0 Å². The summed E-state index contributed by atoms with van der Waals surface area (Å²) in [5.41, 5.74) is 2.69. The number of rotatable bonds is 3. The van der Waals surface area contributed by atoms with Gasteiger partial charge in [0.15, 0.2) is 0 Å². The van der Waals surface area contributed by atoms with E-state index in [4.69, 9.17) is 9.47 Å². The molecule has 4 rings (SSSR count). The molecule has 0 saturated carbocycles. The number of benzene rings is 1. The molecule has 1 aromatic heterocycles. The lowest BCUT2D eigenvalue weighted by Gasteiger charge is -2.31. The van der Waals surface area contributed by atoms with Gasteiger partial charge in [0.25, 0.3) is 5.91 Å². The van der Waals surface area contributed by atoms with Crippen LogP contribution in [0.25, 0.3) is 0 Å². The van der Waals surface area contributed by atoms with Crippen LogP contribution in [-0.4, -0.2) is 17.6 Å². The second kappa shape index (κ2) is 6.28. The smallest absolute Gasteiger partial charge is 0.256 e. The van der Waals surface area contributed by atoms with E-state index in [2.05, 4.69) is 24.5 Å². The van der Waals surface area contributed by atoms with Crippen molar-refractivity contribution in [2.45, 2.75) is 58.6 Å². The van der Waals surface area contributed by atoms with Crippen molar-refractivity contribution in [3.63, 3.8) is 0 Å². The number of anilines is 1. The van der Waals surface area contributed by atoms with Gasteiger partial charge in [-0.15, -0.1) is 11.3 Å². The van der Waals surface area contributed by atoms with Crippen molar-refractivity contribution in [2.24, 2.45) is 0 Å². The minimum atomic E-state index is -0.239. The van der Waals surface area contributed by atoms with E-state index in [0.29, 0.717) is 6.61 Å². The molecule has 1 aromatic carbocycles. The van der Waals surface area contributed by atoms with Crippen molar-refractivity contribution in [1.29, 1.82) is 0 Å². The molecule has 26 heavy (non-hydrogen) atoms. The Labute approximate surface area is 157 Å². The van der Waals surface area contributed by atoms with Crippen LogP contribution in [0, 0.1) is 0 Å². The normalized spacial score (nSPS) is 20.8. The SMILES string of the molecule is CC(C)Oc1ccc(C2NC(=O)c3c(sc4c3CC(C)(C)OC4)N2)cc1. The topological polar surface area (TPSA) is 59.6 Å². The van der Waals surface area contributed by atoms with Crippen molar-refractivity contribution in [3.05, 3.63) is 45.8 Å². The zero-order chi connectivity index (χ0) is 18.5. The van der Waals surface area contributed by atoms with Crippen molar-refractivity contribution in [1.82, 2.24) is 5.32 Å². The van der Waals surface area contributed by atoms with E-state index in [-0.39, 0.29) is 23.8 Å². The zero-order valence-corrected chi connectivity index (χ0v) is 16.3. The third-order valence-corrected chi connectivity index (χ3v) is 5.79. The van der Waals surface area contributed by atoms with Crippen molar-refractivity contribution in [2.75, 3.05) is 5.32 Å². The van der Waals surface area contributed by atoms with E-state index in [1.807, 2.05) is 38.1 Å². The average Bonchev–Trinajstić information content (AvgIpc) is 2.92. The predicted octanol–water partition coefficient (Wildman–Crippen LogP) is 4.24. The summed E-state index contributed by atoms with van der Waals surface area (Å²) in [6, 6.07) is 7.85. The minimum Gasteiger partial charge on any atom is -0.491 e. The predicted molar refractivity (Wildman–Crippen MR) is 103 cm³/mol. The molecule has 2 N–H and O–H groups in total. The Morgan fingerprint density at radius 1 is 1.23 bits per heavy atom.